The van der Waals surface area contributed by atoms with E-state index < -0.39 is 0 Å². The van der Waals surface area contributed by atoms with Crippen molar-refractivity contribution in [3.63, 3.8) is 0 Å². The fraction of sp³-hybridized carbons (Fsp3) is 0.583. The van der Waals surface area contributed by atoms with Gasteiger partial charge in [0.1, 0.15) is 0 Å². The number of rotatable bonds is 5. The molecule has 0 bridgehead atoms. The predicted octanol–water partition coefficient (Wildman–Crippen LogP) is 3.24. The van der Waals surface area contributed by atoms with Crippen molar-refractivity contribution >= 4 is 17.5 Å². The van der Waals surface area contributed by atoms with Crippen LogP contribution < -0.4 is 5.32 Å². The third kappa shape index (κ3) is 2.59. The first-order valence-electron chi connectivity index (χ1n) is 5.69. The molecule has 1 aliphatic carbocycles. The van der Waals surface area contributed by atoms with Gasteiger partial charge in [0.2, 0.25) is 0 Å². The molecule has 0 spiro atoms. The second kappa shape index (κ2) is 4.50. The predicted molar refractivity (Wildman–Crippen MR) is 62.6 cm³/mol. The van der Waals surface area contributed by atoms with E-state index in [4.69, 9.17) is 16.0 Å². The van der Waals surface area contributed by atoms with Crippen molar-refractivity contribution in [2.45, 2.75) is 32.6 Å². The van der Waals surface area contributed by atoms with Crippen molar-refractivity contribution in [2.75, 3.05) is 6.54 Å². The Morgan fingerprint density at radius 1 is 1.56 bits per heavy atom. The van der Waals surface area contributed by atoms with E-state index in [2.05, 4.69) is 12.2 Å². The molecule has 1 aromatic rings. The maximum atomic E-state index is 11.7. The molecule has 0 atom stereocenters. The standard InChI is InChI=1S/C12H16ClNO2/c1-2-5-12(6-7-12)8-14-11(15)9-3-4-10(13)16-9/h3-4H,2,5-8H2,1H3,(H,14,15). The van der Waals surface area contributed by atoms with Crippen LogP contribution in [0.1, 0.15) is 43.2 Å². The van der Waals surface area contributed by atoms with E-state index in [0.717, 1.165) is 6.54 Å². The minimum absolute atomic E-state index is 0.172. The van der Waals surface area contributed by atoms with E-state index in [1.54, 1.807) is 12.1 Å². The van der Waals surface area contributed by atoms with Crippen LogP contribution in [0.5, 0.6) is 0 Å². The SMILES string of the molecule is CCCC1(CNC(=O)c2ccc(Cl)o2)CC1. The quantitative estimate of drug-likeness (QED) is 0.860. The van der Waals surface area contributed by atoms with E-state index in [1.807, 2.05) is 0 Å². The number of hydrogen-bond donors (Lipinski definition) is 1. The van der Waals surface area contributed by atoms with Crippen molar-refractivity contribution in [1.29, 1.82) is 0 Å². The molecule has 0 aliphatic heterocycles. The maximum absolute atomic E-state index is 11.7. The molecular weight excluding hydrogens is 226 g/mol. The van der Waals surface area contributed by atoms with Crippen LogP contribution in [0.4, 0.5) is 0 Å². The molecule has 3 nitrogen and oxygen atoms in total. The molecule has 0 unspecified atom stereocenters. The van der Waals surface area contributed by atoms with Crippen LogP contribution in [-0.4, -0.2) is 12.5 Å². The van der Waals surface area contributed by atoms with Gasteiger partial charge >= 0.3 is 0 Å². The lowest BCUT2D eigenvalue weighted by Crippen LogP contribution is -2.29. The van der Waals surface area contributed by atoms with E-state index in [1.165, 1.54) is 25.7 Å². The summed E-state index contributed by atoms with van der Waals surface area (Å²) in [5.41, 5.74) is 0.362. The highest BCUT2D eigenvalue weighted by Crippen LogP contribution is 2.48. The molecule has 1 saturated carbocycles. The minimum atomic E-state index is -0.172. The van der Waals surface area contributed by atoms with Gasteiger partial charge < -0.3 is 9.73 Å². The number of nitrogens with one attached hydrogen (secondary N) is 1. The Bertz CT molecular complexity index is 382. The van der Waals surface area contributed by atoms with E-state index in [0.29, 0.717) is 5.41 Å². The van der Waals surface area contributed by atoms with E-state index in [-0.39, 0.29) is 16.9 Å². The Morgan fingerprint density at radius 2 is 2.31 bits per heavy atom. The highest BCUT2D eigenvalue weighted by Gasteiger charge is 2.41. The first-order valence-corrected chi connectivity index (χ1v) is 6.06. The summed E-state index contributed by atoms with van der Waals surface area (Å²) in [5.74, 6) is 0.117. The third-order valence-corrected chi connectivity index (χ3v) is 3.36. The average molecular weight is 242 g/mol. The Labute approximate surface area is 100 Å². The van der Waals surface area contributed by atoms with Gasteiger partial charge in [-0.25, -0.2) is 0 Å². The topological polar surface area (TPSA) is 42.2 Å². The van der Waals surface area contributed by atoms with Crippen LogP contribution >= 0.6 is 11.6 Å². The lowest BCUT2D eigenvalue weighted by molar-refractivity contribution is 0.0916. The summed E-state index contributed by atoms with van der Waals surface area (Å²) < 4.78 is 5.04. The molecule has 1 aliphatic rings. The molecule has 16 heavy (non-hydrogen) atoms. The molecule has 4 heteroatoms. The normalized spacial score (nSPS) is 17.1. The minimum Gasteiger partial charge on any atom is -0.440 e. The van der Waals surface area contributed by atoms with Gasteiger partial charge in [-0.15, -0.1) is 0 Å². The Hall–Kier alpha value is -0.960. The lowest BCUT2D eigenvalue weighted by atomic mass is 10.0. The lowest BCUT2D eigenvalue weighted by Gasteiger charge is -2.13. The van der Waals surface area contributed by atoms with Crippen LogP contribution in [0.2, 0.25) is 5.22 Å². The molecule has 88 valence electrons. The molecule has 0 radical (unpaired) electrons. The Morgan fingerprint density at radius 3 is 2.81 bits per heavy atom. The summed E-state index contributed by atoms with van der Waals surface area (Å²) in [4.78, 5) is 11.7. The number of hydrogen-bond acceptors (Lipinski definition) is 2. The maximum Gasteiger partial charge on any atom is 0.287 e. The number of halogens is 1. The van der Waals surface area contributed by atoms with Crippen LogP contribution in [0.25, 0.3) is 0 Å². The molecule has 1 heterocycles. The molecule has 0 saturated heterocycles. The first-order chi connectivity index (χ1) is 7.65. The highest BCUT2D eigenvalue weighted by atomic mass is 35.5. The molecule has 2 rings (SSSR count). The van der Waals surface area contributed by atoms with Gasteiger partial charge in [-0.3, -0.25) is 4.79 Å². The fourth-order valence-electron chi connectivity index (χ4n) is 2.01. The largest absolute Gasteiger partial charge is 0.440 e. The zero-order valence-corrected chi connectivity index (χ0v) is 10.1. The van der Waals surface area contributed by atoms with Crippen molar-refractivity contribution in [3.8, 4) is 0 Å². The third-order valence-electron chi connectivity index (χ3n) is 3.16. The average Bonchev–Trinajstić information content (AvgIpc) is 2.89. The number of carbonyl (C=O) groups excluding carboxylic acids is 1. The van der Waals surface area contributed by atoms with Crippen LogP contribution in [0, 0.1) is 5.41 Å². The van der Waals surface area contributed by atoms with Crippen molar-refractivity contribution in [2.24, 2.45) is 5.41 Å². The zero-order valence-electron chi connectivity index (χ0n) is 9.38. The van der Waals surface area contributed by atoms with E-state index in [9.17, 15) is 4.79 Å². The van der Waals surface area contributed by atoms with Gasteiger partial charge in [-0.1, -0.05) is 13.3 Å². The van der Waals surface area contributed by atoms with Crippen molar-refractivity contribution < 1.29 is 9.21 Å². The fourth-order valence-corrected chi connectivity index (χ4v) is 2.16. The number of furan rings is 1. The summed E-state index contributed by atoms with van der Waals surface area (Å²) in [6, 6.07) is 3.17. The van der Waals surface area contributed by atoms with Gasteiger partial charge in [0.25, 0.3) is 5.91 Å². The molecular formula is C12H16ClNO2. The monoisotopic (exact) mass is 241 g/mol. The summed E-state index contributed by atoms with van der Waals surface area (Å²) in [6.45, 7) is 2.92. The summed E-state index contributed by atoms with van der Waals surface area (Å²) in [5, 5.41) is 3.16. The van der Waals surface area contributed by atoms with Crippen LogP contribution in [-0.2, 0) is 0 Å². The second-order valence-corrected chi connectivity index (χ2v) is 4.91. The van der Waals surface area contributed by atoms with Crippen LogP contribution in [0.3, 0.4) is 0 Å². The Balaban J connectivity index is 1.84. The zero-order chi connectivity index (χ0) is 11.6. The Kier molecular flexibility index (Phi) is 3.24. The summed E-state index contributed by atoms with van der Waals surface area (Å²) in [7, 11) is 0. The van der Waals surface area contributed by atoms with E-state index >= 15 is 0 Å². The van der Waals surface area contributed by atoms with Gasteiger partial charge in [0.05, 0.1) is 0 Å². The molecule has 1 N–H and O–H groups in total. The number of amides is 1. The number of carbonyl (C=O) groups is 1. The van der Waals surface area contributed by atoms with Gasteiger partial charge in [0.15, 0.2) is 11.0 Å². The summed E-state index contributed by atoms with van der Waals surface area (Å²) >= 11 is 5.61. The molecule has 0 aromatic carbocycles. The second-order valence-electron chi connectivity index (χ2n) is 4.54. The first kappa shape index (κ1) is 11.5. The smallest absolute Gasteiger partial charge is 0.287 e. The molecule has 1 fully saturated rings. The molecule has 1 amide bonds. The molecule has 1 aromatic heterocycles. The van der Waals surface area contributed by atoms with Gasteiger partial charge in [-0.05, 0) is 48.4 Å². The van der Waals surface area contributed by atoms with Crippen LogP contribution in [0.15, 0.2) is 16.5 Å². The van der Waals surface area contributed by atoms with Crippen molar-refractivity contribution in [3.05, 3.63) is 23.1 Å². The van der Waals surface area contributed by atoms with Crippen molar-refractivity contribution in [1.82, 2.24) is 5.32 Å². The van der Waals surface area contributed by atoms with Gasteiger partial charge in [0, 0.05) is 6.54 Å². The summed E-state index contributed by atoms with van der Waals surface area (Å²) in [6.07, 6.45) is 4.80. The van der Waals surface area contributed by atoms with Gasteiger partial charge in [-0.2, -0.15) is 0 Å². The highest BCUT2D eigenvalue weighted by molar-refractivity contribution is 6.29.